The Morgan fingerprint density at radius 1 is 1.64 bits per heavy atom. The molecular weight excluding hydrogens is 142 g/mol. The van der Waals surface area contributed by atoms with Crippen molar-refractivity contribution in [1.29, 1.82) is 5.26 Å². The maximum Gasteiger partial charge on any atom is 0.307 e. The summed E-state index contributed by atoms with van der Waals surface area (Å²) in [5.41, 5.74) is 0. The van der Waals surface area contributed by atoms with Gasteiger partial charge in [-0.25, -0.2) is 0 Å². The first-order valence-electron chi connectivity index (χ1n) is 3.67. The van der Waals surface area contributed by atoms with Gasteiger partial charge in [0.2, 0.25) is 0 Å². The Labute approximate surface area is 66.6 Å². The molecule has 3 heteroatoms. The zero-order valence-electron chi connectivity index (χ0n) is 6.87. The van der Waals surface area contributed by atoms with Crippen LogP contribution in [-0.4, -0.2) is 11.1 Å². The Morgan fingerprint density at radius 3 is 2.45 bits per heavy atom. The Morgan fingerprint density at radius 2 is 2.18 bits per heavy atom. The second kappa shape index (κ2) is 4.73. The van der Waals surface area contributed by atoms with E-state index in [9.17, 15) is 4.79 Å². The molecule has 1 atom stereocenters. The van der Waals surface area contributed by atoms with Gasteiger partial charge in [0.15, 0.2) is 0 Å². The lowest BCUT2D eigenvalue weighted by molar-refractivity contribution is -0.142. The molecule has 0 aromatic carbocycles. The summed E-state index contributed by atoms with van der Waals surface area (Å²) in [6.07, 6.45) is 0.705. The Bertz CT molecular complexity index is 169. The molecule has 0 bridgehead atoms. The van der Waals surface area contributed by atoms with Crippen molar-refractivity contribution in [2.75, 3.05) is 0 Å². The predicted octanol–water partition coefficient (Wildman–Crippen LogP) is 1.65. The maximum absolute atomic E-state index is 10.5. The van der Waals surface area contributed by atoms with E-state index in [4.69, 9.17) is 10.4 Å². The summed E-state index contributed by atoms with van der Waals surface area (Å²) in [6, 6.07) is 1.87. The van der Waals surface area contributed by atoms with Crippen LogP contribution in [0.3, 0.4) is 0 Å². The fraction of sp³-hybridized carbons (Fsp3) is 0.750. The molecule has 0 aromatic rings. The van der Waals surface area contributed by atoms with Crippen molar-refractivity contribution >= 4 is 5.97 Å². The van der Waals surface area contributed by atoms with Crippen LogP contribution in [0.4, 0.5) is 0 Å². The molecule has 0 aliphatic carbocycles. The first-order valence-corrected chi connectivity index (χ1v) is 3.67. The second-order valence-corrected chi connectivity index (χ2v) is 3.03. The topological polar surface area (TPSA) is 61.1 Å². The van der Waals surface area contributed by atoms with Crippen LogP contribution in [0.1, 0.15) is 26.7 Å². The number of nitriles is 1. The van der Waals surface area contributed by atoms with Crippen LogP contribution in [0.2, 0.25) is 0 Å². The van der Waals surface area contributed by atoms with Gasteiger partial charge in [-0.1, -0.05) is 13.8 Å². The molecule has 0 aliphatic heterocycles. The highest BCUT2D eigenvalue weighted by Crippen LogP contribution is 2.14. The minimum absolute atomic E-state index is 0.119. The van der Waals surface area contributed by atoms with Crippen LogP contribution in [-0.2, 0) is 4.79 Å². The fourth-order valence-electron chi connectivity index (χ4n) is 0.951. The van der Waals surface area contributed by atoms with Crippen LogP contribution < -0.4 is 0 Å². The van der Waals surface area contributed by atoms with Crippen LogP contribution in [0, 0.1) is 23.2 Å². The van der Waals surface area contributed by atoms with Crippen LogP contribution in [0.15, 0.2) is 0 Å². The van der Waals surface area contributed by atoms with Gasteiger partial charge < -0.3 is 5.11 Å². The highest BCUT2D eigenvalue weighted by molar-refractivity contribution is 5.70. The average molecular weight is 155 g/mol. The van der Waals surface area contributed by atoms with Crippen molar-refractivity contribution in [3.63, 3.8) is 0 Å². The normalized spacial score (nSPS) is 12.5. The zero-order valence-corrected chi connectivity index (χ0v) is 6.87. The Kier molecular flexibility index (Phi) is 4.28. The van der Waals surface area contributed by atoms with Gasteiger partial charge >= 0.3 is 5.97 Å². The van der Waals surface area contributed by atoms with Crippen molar-refractivity contribution in [2.24, 2.45) is 11.8 Å². The highest BCUT2D eigenvalue weighted by Gasteiger charge is 2.17. The molecule has 0 saturated heterocycles. The predicted molar refractivity (Wildman–Crippen MR) is 40.8 cm³/mol. The minimum atomic E-state index is -0.861. The number of rotatable bonds is 4. The third-order valence-corrected chi connectivity index (χ3v) is 1.44. The number of aliphatic carboxylic acids is 1. The third-order valence-electron chi connectivity index (χ3n) is 1.44. The molecule has 0 spiro atoms. The van der Waals surface area contributed by atoms with Crippen molar-refractivity contribution in [3.05, 3.63) is 0 Å². The van der Waals surface area contributed by atoms with Gasteiger partial charge in [-0.05, 0) is 12.3 Å². The smallest absolute Gasteiger partial charge is 0.307 e. The second-order valence-electron chi connectivity index (χ2n) is 3.03. The minimum Gasteiger partial charge on any atom is -0.481 e. The number of hydrogen-bond donors (Lipinski definition) is 1. The number of carboxylic acids is 1. The molecule has 0 unspecified atom stereocenters. The van der Waals surface area contributed by atoms with Crippen molar-refractivity contribution < 1.29 is 9.90 Å². The highest BCUT2D eigenvalue weighted by atomic mass is 16.4. The van der Waals surface area contributed by atoms with E-state index in [0.717, 1.165) is 0 Å². The summed E-state index contributed by atoms with van der Waals surface area (Å²) >= 11 is 0. The summed E-state index contributed by atoms with van der Waals surface area (Å²) in [4.78, 5) is 10.5. The van der Waals surface area contributed by atoms with Crippen LogP contribution >= 0.6 is 0 Å². The molecule has 0 fully saturated rings. The number of carbonyl (C=O) groups is 1. The number of carboxylic acid groups (broad SMARTS) is 1. The molecule has 11 heavy (non-hydrogen) atoms. The Balaban J connectivity index is 3.92. The van der Waals surface area contributed by atoms with Gasteiger partial charge in [0.25, 0.3) is 0 Å². The van der Waals surface area contributed by atoms with Gasteiger partial charge in [0.05, 0.1) is 12.0 Å². The molecule has 0 aliphatic rings. The van der Waals surface area contributed by atoms with E-state index in [0.29, 0.717) is 12.3 Å². The van der Waals surface area contributed by atoms with E-state index in [-0.39, 0.29) is 6.42 Å². The SMILES string of the molecule is CC(C)C[C@@H](CC#N)C(=O)O. The summed E-state index contributed by atoms with van der Waals surface area (Å²) < 4.78 is 0. The number of hydrogen-bond acceptors (Lipinski definition) is 2. The fourth-order valence-corrected chi connectivity index (χ4v) is 0.951. The molecule has 0 heterocycles. The zero-order chi connectivity index (χ0) is 8.85. The molecule has 0 aromatic heterocycles. The lowest BCUT2D eigenvalue weighted by Gasteiger charge is -2.09. The van der Waals surface area contributed by atoms with E-state index in [2.05, 4.69) is 0 Å². The lowest BCUT2D eigenvalue weighted by Crippen LogP contribution is -2.15. The van der Waals surface area contributed by atoms with Crippen molar-refractivity contribution in [3.8, 4) is 6.07 Å². The molecule has 62 valence electrons. The summed E-state index contributed by atoms with van der Waals surface area (Å²) in [5, 5.41) is 16.9. The van der Waals surface area contributed by atoms with Gasteiger partial charge in [-0.15, -0.1) is 0 Å². The average Bonchev–Trinajstić information content (AvgIpc) is 1.86. The van der Waals surface area contributed by atoms with E-state index in [1.165, 1.54) is 0 Å². The maximum atomic E-state index is 10.5. The summed E-state index contributed by atoms with van der Waals surface area (Å²) in [6.45, 7) is 3.90. The molecule has 1 N–H and O–H groups in total. The molecule has 0 amide bonds. The van der Waals surface area contributed by atoms with Gasteiger partial charge in [-0.3, -0.25) is 4.79 Å². The van der Waals surface area contributed by atoms with Gasteiger partial charge in [0.1, 0.15) is 0 Å². The molecule has 3 nitrogen and oxygen atoms in total. The van der Waals surface area contributed by atoms with Crippen molar-refractivity contribution in [1.82, 2.24) is 0 Å². The Hall–Kier alpha value is -1.04. The molecule has 0 radical (unpaired) electrons. The lowest BCUT2D eigenvalue weighted by atomic mass is 9.95. The summed E-state index contributed by atoms with van der Waals surface area (Å²) in [7, 11) is 0. The quantitative estimate of drug-likeness (QED) is 0.671. The van der Waals surface area contributed by atoms with Gasteiger partial charge in [-0.2, -0.15) is 5.26 Å². The van der Waals surface area contributed by atoms with Crippen LogP contribution in [0.5, 0.6) is 0 Å². The standard InChI is InChI=1S/C8H13NO2/c1-6(2)5-7(3-4-9)8(10)11/h6-7H,3,5H2,1-2H3,(H,10,11)/t7-/m1/s1. The van der Waals surface area contributed by atoms with E-state index in [1.54, 1.807) is 0 Å². The van der Waals surface area contributed by atoms with E-state index in [1.807, 2.05) is 19.9 Å². The molecular formula is C8H13NO2. The first-order chi connectivity index (χ1) is 5.07. The third kappa shape index (κ3) is 4.38. The van der Waals surface area contributed by atoms with E-state index < -0.39 is 11.9 Å². The molecule has 0 saturated carbocycles. The first kappa shape index (κ1) is 9.96. The van der Waals surface area contributed by atoms with Crippen LogP contribution in [0.25, 0.3) is 0 Å². The largest absolute Gasteiger partial charge is 0.481 e. The van der Waals surface area contributed by atoms with Gasteiger partial charge in [0, 0.05) is 6.42 Å². The monoisotopic (exact) mass is 155 g/mol. The van der Waals surface area contributed by atoms with Crippen molar-refractivity contribution in [2.45, 2.75) is 26.7 Å². The molecule has 0 rings (SSSR count). The summed E-state index contributed by atoms with van der Waals surface area (Å²) in [5.74, 6) is -1.01. The van der Waals surface area contributed by atoms with E-state index >= 15 is 0 Å². The number of nitrogens with zero attached hydrogens (tertiary/aromatic N) is 1.